The molecule has 0 bridgehead atoms. The number of aromatic nitrogens is 3. The van der Waals surface area contributed by atoms with Crippen molar-refractivity contribution < 1.29 is 4.52 Å². The van der Waals surface area contributed by atoms with Gasteiger partial charge in [-0.3, -0.25) is 0 Å². The lowest BCUT2D eigenvalue weighted by atomic mass is 10.3. The average molecular weight is 276 g/mol. The first-order chi connectivity index (χ1) is 9.31. The number of thioether (sulfide) groups is 1. The van der Waals surface area contributed by atoms with Gasteiger partial charge < -0.3 is 10.3 Å². The van der Waals surface area contributed by atoms with E-state index in [9.17, 15) is 0 Å². The highest BCUT2D eigenvalue weighted by Crippen LogP contribution is 2.31. The third-order valence-electron chi connectivity index (χ3n) is 3.25. The van der Waals surface area contributed by atoms with E-state index in [0.717, 1.165) is 22.4 Å². The molecular formula is C13H16N4OS. The van der Waals surface area contributed by atoms with Gasteiger partial charge in [-0.15, -0.1) is 0 Å². The molecule has 0 radical (unpaired) electrons. The first-order valence-corrected chi connectivity index (χ1v) is 7.52. The van der Waals surface area contributed by atoms with Crippen LogP contribution in [0, 0.1) is 0 Å². The Morgan fingerprint density at radius 2 is 2.16 bits per heavy atom. The molecule has 1 aliphatic carbocycles. The molecule has 2 aromatic heterocycles. The summed E-state index contributed by atoms with van der Waals surface area (Å²) in [5, 5.41) is 4.77. The van der Waals surface area contributed by atoms with Crippen LogP contribution in [0.1, 0.15) is 31.5 Å². The smallest absolute Gasteiger partial charge is 0.259 e. The first kappa shape index (κ1) is 12.5. The molecule has 1 fully saturated rings. The molecule has 19 heavy (non-hydrogen) atoms. The highest BCUT2D eigenvalue weighted by molar-refractivity contribution is 7.99. The lowest BCUT2D eigenvalue weighted by Crippen LogP contribution is -1.95. The number of nitrogens with two attached hydrogens (primary N) is 1. The summed E-state index contributed by atoms with van der Waals surface area (Å²) in [6, 6.07) is 3.57. The maximum Gasteiger partial charge on any atom is 0.259 e. The van der Waals surface area contributed by atoms with Crippen molar-refractivity contribution in [3.63, 3.8) is 0 Å². The highest BCUT2D eigenvalue weighted by atomic mass is 32.2. The zero-order valence-electron chi connectivity index (χ0n) is 10.6. The number of rotatable bonds is 4. The normalized spacial score (nSPS) is 16.0. The van der Waals surface area contributed by atoms with Gasteiger partial charge in [0, 0.05) is 11.4 Å². The minimum absolute atomic E-state index is 0.486. The first-order valence-electron chi connectivity index (χ1n) is 6.47. The zero-order valence-corrected chi connectivity index (χ0v) is 11.4. The van der Waals surface area contributed by atoms with Crippen LogP contribution in [0.15, 0.2) is 22.9 Å². The summed E-state index contributed by atoms with van der Waals surface area (Å²) in [4.78, 5) is 8.41. The van der Waals surface area contributed by atoms with Crippen LogP contribution in [0.2, 0.25) is 0 Å². The number of pyridine rings is 1. The van der Waals surface area contributed by atoms with Gasteiger partial charge in [-0.05, 0) is 25.0 Å². The predicted molar refractivity (Wildman–Crippen MR) is 75.5 cm³/mol. The summed E-state index contributed by atoms with van der Waals surface area (Å²) in [5.41, 5.74) is 6.35. The number of hydrogen-bond acceptors (Lipinski definition) is 6. The Hall–Kier alpha value is -1.56. The van der Waals surface area contributed by atoms with Gasteiger partial charge in [0.15, 0.2) is 5.82 Å². The van der Waals surface area contributed by atoms with Gasteiger partial charge in [-0.1, -0.05) is 18.0 Å². The van der Waals surface area contributed by atoms with Gasteiger partial charge >= 0.3 is 0 Å². The largest absolute Gasteiger partial charge is 0.384 e. The summed E-state index contributed by atoms with van der Waals surface area (Å²) in [6.07, 6.45) is 6.99. The van der Waals surface area contributed by atoms with Crippen LogP contribution in [0.3, 0.4) is 0 Å². The molecule has 1 saturated carbocycles. The van der Waals surface area contributed by atoms with Crippen molar-refractivity contribution in [2.24, 2.45) is 0 Å². The molecule has 2 aromatic rings. The molecule has 0 atom stereocenters. The number of nitrogen functional groups attached to an aromatic ring is 1. The Balaban J connectivity index is 1.63. The minimum Gasteiger partial charge on any atom is -0.384 e. The third kappa shape index (κ3) is 3.07. The van der Waals surface area contributed by atoms with Crippen LogP contribution in [-0.2, 0) is 5.75 Å². The summed E-state index contributed by atoms with van der Waals surface area (Å²) >= 11 is 1.93. The van der Waals surface area contributed by atoms with Crippen molar-refractivity contribution in [3.8, 4) is 11.5 Å². The van der Waals surface area contributed by atoms with E-state index >= 15 is 0 Å². The Bertz CT molecular complexity index is 534. The van der Waals surface area contributed by atoms with E-state index in [1.807, 2.05) is 17.8 Å². The quantitative estimate of drug-likeness (QED) is 0.925. The fourth-order valence-electron chi connectivity index (χ4n) is 2.21. The summed E-state index contributed by atoms with van der Waals surface area (Å²) in [5.74, 6) is 2.56. The Kier molecular flexibility index (Phi) is 3.68. The van der Waals surface area contributed by atoms with Crippen LogP contribution in [0.25, 0.3) is 11.5 Å². The molecule has 0 unspecified atom stereocenters. The summed E-state index contributed by atoms with van der Waals surface area (Å²) < 4.78 is 5.25. The zero-order chi connectivity index (χ0) is 13.1. The molecule has 0 amide bonds. The topological polar surface area (TPSA) is 77.8 Å². The predicted octanol–water partition coefficient (Wildman–Crippen LogP) is 2.89. The molecule has 2 heterocycles. The van der Waals surface area contributed by atoms with Gasteiger partial charge in [0.1, 0.15) is 5.82 Å². The van der Waals surface area contributed by atoms with E-state index in [-0.39, 0.29) is 0 Å². The van der Waals surface area contributed by atoms with Gasteiger partial charge in [-0.2, -0.15) is 16.7 Å². The van der Waals surface area contributed by atoms with Gasteiger partial charge in [0.2, 0.25) is 0 Å². The number of hydrogen-bond donors (Lipinski definition) is 1. The van der Waals surface area contributed by atoms with Crippen LogP contribution >= 0.6 is 11.8 Å². The molecule has 100 valence electrons. The van der Waals surface area contributed by atoms with Crippen molar-refractivity contribution in [3.05, 3.63) is 24.2 Å². The lowest BCUT2D eigenvalue weighted by Gasteiger charge is -2.04. The maximum absolute atomic E-state index is 5.55. The minimum atomic E-state index is 0.486. The molecule has 0 spiro atoms. The number of anilines is 1. The van der Waals surface area contributed by atoms with Gasteiger partial charge in [0.05, 0.1) is 11.3 Å². The van der Waals surface area contributed by atoms with E-state index in [2.05, 4.69) is 15.1 Å². The van der Waals surface area contributed by atoms with E-state index in [0.29, 0.717) is 11.7 Å². The van der Waals surface area contributed by atoms with Gasteiger partial charge in [-0.25, -0.2) is 4.98 Å². The van der Waals surface area contributed by atoms with Crippen LogP contribution < -0.4 is 5.73 Å². The highest BCUT2D eigenvalue weighted by Gasteiger charge is 2.17. The van der Waals surface area contributed by atoms with Crippen molar-refractivity contribution in [1.29, 1.82) is 0 Å². The molecule has 5 nitrogen and oxygen atoms in total. The number of nitrogens with zero attached hydrogens (tertiary/aromatic N) is 3. The Morgan fingerprint density at radius 1 is 1.32 bits per heavy atom. The summed E-state index contributed by atoms with van der Waals surface area (Å²) in [6.45, 7) is 0. The second-order valence-corrected chi connectivity index (χ2v) is 5.99. The lowest BCUT2D eigenvalue weighted by molar-refractivity contribution is 0.425. The monoisotopic (exact) mass is 276 g/mol. The molecule has 0 aliphatic heterocycles. The Labute approximate surface area is 116 Å². The summed E-state index contributed by atoms with van der Waals surface area (Å²) in [7, 11) is 0. The SMILES string of the molecule is Nc1ccc(-c2nc(CSC3CCCC3)no2)cn1. The van der Waals surface area contributed by atoms with Gasteiger partial charge in [0.25, 0.3) is 5.89 Å². The molecule has 6 heteroatoms. The molecule has 2 N–H and O–H groups in total. The van der Waals surface area contributed by atoms with Crippen LogP contribution in [0.4, 0.5) is 5.82 Å². The third-order valence-corrected chi connectivity index (χ3v) is 4.62. The second kappa shape index (κ2) is 5.61. The standard InChI is InChI=1S/C13H16N4OS/c14-11-6-5-9(7-15-11)13-16-12(17-18-13)8-19-10-3-1-2-4-10/h5-7,10H,1-4,8H2,(H2,14,15). The van der Waals surface area contributed by atoms with Crippen molar-refractivity contribution in [2.75, 3.05) is 5.73 Å². The molecule has 1 aliphatic rings. The molecule has 0 aromatic carbocycles. The maximum atomic E-state index is 5.55. The van der Waals surface area contributed by atoms with E-state index < -0.39 is 0 Å². The molecule has 3 rings (SSSR count). The van der Waals surface area contributed by atoms with Crippen LogP contribution in [0.5, 0.6) is 0 Å². The van der Waals surface area contributed by atoms with E-state index in [1.165, 1.54) is 25.7 Å². The van der Waals surface area contributed by atoms with Crippen molar-refractivity contribution in [1.82, 2.24) is 15.1 Å². The average Bonchev–Trinajstić information content (AvgIpc) is 3.09. The van der Waals surface area contributed by atoms with Crippen molar-refractivity contribution in [2.45, 2.75) is 36.7 Å². The van der Waals surface area contributed by atoms with Crippen LogP contribution in [-0.4, -0.2) is 20.4 Å². The Morgan fingerprint density at radius 3 is 2.89 bits per heavy atom. The fraction of sp³-hybridized carbons (Fsp3) is 0.462. The molecule has 0 saturated heterocycles. The fourth-order valence-corrected chi connectivity index (χ4v) is 3.38. The van der Waals surface area contributed by atoms with Crippen molar-refractivity contribution >= 4 is 17.6 Å². The van der Waals surface area contributed by atoms with E-state index in [4.69, 9.17) is 10.3 Å². The molecular weight excluding hydrogens is 260 g/mol. The second-order valence-electron chi connectivity index (χ2n) is 4.70. The van der Waals surface area contributed by atoms with E-state index in [1.54, 1.807) is 12.3 Å².